The lowest BCUT2D eigenvalue weighted by Gasteiger charge is -2.35. The molecule has 39 heavy (non-hydrogen) atoms. The maximum Gasteiger partial charge on any atom is 0.325 e. The number of sulfonamides is 1. The standard InChI is InChI=1S/C25H31ClN5O6PS/c1-15-14-31-23(27-24(15)16-10-18(11-16)37-38(2,33)34)13-21(28-31)22-6-4-5-9-30(22)25(32)19-12-17(26)7-8-20(19)29-39(3,35)36/h7-8,12-14,16,18,22,29H,4-6,9-11H2,1-3H3,(H,33,34)/t16?,18?,22-/m0/s1. The summed E-state index contributed by atoms with van der Waals surface area (Å²) < 4.78 is 44.7. The number of piperidine rings is 1. The number of benzene rings is 1. The number of anilines is 1. The first-order valence-corrected chi connectivity index (χ1v) is 17.0. The van der Waals surface area contributed by atoms with Crippen LogP contribution in [0.15, 0.2) is 30.5 Å². The van der Waals surface area contributed by atoms with Gasteiger partial charge in [0.05, 0.1) is 41.0 Å². The number of hydrogen-bond acceptors (Lipinski definition) is 7. The molecule has 2 N–H and O–H groups in total. The van der Waals surface area contributed by atoms with Crippen LogP contribution in [0.1, 0.15) is 71.4 Å². The minimum atomic E-state index is -3.61. The summed E-state index contributed by atoms with van der Waals surface area (Å²) in [4.78, 5) is 29.8. The molecule has 1 unspecified atom stereocenters. The molecular weight excluding hydrogens is 565 g/mol. The molecule has 2 atom stereocenters. The summed E-state index contributed by atoms with van der Waals surface area (Å²) >= 11 is 6.18. The zero-order valence-corrected chi connectivity index (χ0v) is 24.3. The summed E-state index contributed by atoms with van der Waals surface area (Å²) in [5.74, 6) is -0.200. The lowest BCUT2D eigenvalue weighted by Crippen LogP contribution is -2.39. The number of carbonyl (C=O) groups is 1. The molecule has 210 valence electrons. The normalized spacial score (nSPS) is 23.3. The molecule has 1 saturated heterocycles. The molecular formula is C25H31ClN5O6PS. The molecule has 5 rings (SSSR count). The smallest absolute Gasteiger partial charge is 0.325 e. The Morgan fingerprint density at radius 2 is 2.00 bits per heavy atom. The van der Waals surface area contributed by atoms with Crippen molar-refractivity contribution in [2.75, 3.05) is 24.2 Å². The number of aromatic nitrogens is 3. The molecule has 2 aromatic heterocycles. The van der Waals surface area contributed by atoms with Gasteiger partial charge in [-0.15, -0.1) is 0 Å². The first-order chi connectivity index (χ1) is 18.3. The Labute approximate surface area is 232 Å². The number of hydrogen-bond donors (Lipinski definition) is 2. The molecule has 0 radical (unpaired) electrons. The number of halogens is 1. The van der Waals surface area contributed by atoms with Crippen LogP contribution in [0.3, 0.4) is 0 Å². The molecule has 3 aromatic rings. The third-order valence-corrected chi connectivity index (χ3v) is 8.64. The number of aryl methyl sites for hydroxylation is 1. The van der Waals surface area contributed by atoms with Gasteiger partial charge in [0.25, 0.3) is 5.91 Å². The zero-order chi connectivity index (χ0) is 28.1. The van der Waals surface area contributed by atoms with Crippen molar-refractivity contribution in [1.82, 2.24) is 19.5 Å². The van der Waals surface area contributed by atoms with Gasteiger partial charge >= 0.3 is 7.60 Å². The molecule has 11 nitrogen and oxygen atoms in total. The first kappa shape index (κ1) is 28.0. The fourth-order valence-electron chi connectivity index (χ4n) is 5.39. The van der Waals surface area contributed by atoms with E-state index < -0.39 is 17.6 Å². The SMILES string of the molecule is Cc1cn2nc([C@@H]3CCCCN3C(=O)c3cc(Cl)ccc3NS(C)(=O)=O)cc2nc1C1CC(OP(C)(=O)O)C1. The Bertz CT molecular complexity index is 1580. The van der Waals surface area contributed by atoms with E-state index in [2.05, 4.69) is 4.72 Å². The average molecular weight is 596 g/mol. The largest absolute Gasteiger partial charge is 0.330 e. The maximum atomic E-state index is 13.8. The van der Waals surface area contributed by atoms with Crippen LogP contribution in [0.5, 0.6) is 0 Å². The molecule has 2 fully saturated rings. The topological polar surface area (TPSA) is 143 Å². The fraction of sp³-hybridized carbons (Fsp3) is 0.480. The Hall–Kier alpha value is -2.50. The minimum absolute atomic E-state index is 0.126. The Kier molecular flexibility index (Phi) is 7.54. The molecule has 2 aliphatic rings. The molecule has 1 aromatic carbocycles. The van der Waals surface area contributed by atoms with Gasteiger partial charge in [-0.1, -0.05) is 11.6 Å². The number of likely N-dealkylation sites (tertiary alicyclic amines) is 1. The number of amides is 1. The number of rotatable bonds is 7. The third-order valence-electron chi connectivity index (χ3n) is 7.13. The molecule has 1 amide bonds. The number of nitrogens with zero attached hydrogens (tertiary/aromatic N) is 4. The van der Waals surface area contributed by atoms with Gasteiger partial charge in [0.2, 0.25) is 10.0 Å². The van der Waals surface area contributed by atoms with E-state index in [-0.39, 0.29) is 35.2 Å². The Morgan fingerprint density at radius 3 is 2.69 bits per heavy atom. The van der Waals surface area contributed by atoms with Crippen LogP contribution in [-0.2, 0) is 19.1 Å². The second-order valence-electron chi connectivity index (χ2n) is 10.5. The fourth-order valence-corrected chi connectivity index (χ4v) is 6.86. The highest BCUT2D eigenvalue weighted by Gasteiger charge is 2.37. The van der Waals surface area contributed by atoms with Gasteiger partial charge in [0.15, 0.2) is 5.65 Å². The number of fused-ring (bicyclic) bond motifs is 1. The Morgan fingerprint density at radius 1 is 1.26 bits per heavy atom. The molecule has 1 aliphatic heterocycles. The van der Waals surface area contributed by atoms with Crippen LogP contribution >= 0.6 is 19.2 Å². The molecule has 1 aliphatic carbocycles. The second-order valence-corrected chi connectivity index (χ2v) is 14.5. The predicted octanol–water partition coefficient (Wildman–Crippen LogP) is 4.51. The van der Waals surface area contributed by atoms with Crippen molar-refractivity contribution in [2.24, 2.45) is 0 Å². The van der Waals surface area contributed by atoms with Crippen LogP contribution in [-0.4, -0.2) is 64.3 Å². The van der Waals surface area contributed by atoms with E-state index in [4.69, 9.17) is 26.2 Å². The summed E-state index contributed by atoms with van der Waals surface area (Å²) in [5.41, 5.74) is 3.57. The third kappa shape index (κ3) is 6.30. The molecule has 14 heteroatoms. The van der Waals surface area contributed by atoms with E-state index in [1.807, 2.05) is 19.2 Å². The van der Waals surface area contributed by atoms with Crippen LogP contribution in [0.25, 0.3) is 5.65 Å². The van der Waals surface area contributed by atoms with E-state index in [1.54, 1.807) is 9.42 Å². The van der Waals surface area contributed by atoms with Crippen molar-refractivity contribution in [3.8, 4) is 0 Å². The summed E-state index contributed by atoms with van der Waals surface area (Å²) in [7, 11) is -7.14. The lowest BCUT2D eigenvalue weighted by molar-refractivity contribution is 0.0606. The van der Waals surface area contributed by atoms with Crippen molar-refractivity contribution in [3.63, 3.8) is 0 Å². The molecule has 0 spiro atoms. The summed E-state index contributed by atoms with van der Waals surface area (Å²) in [6, 6.07) is 6.08. The van der Waals surface area contributed by atoms with Crippen molar-refractivity contribution < 1.29 is 27.2 Å². The number of nitrogens with one attached hydrogen (secondary N) is 1. The summed E-state index contributed by atoms with van der Waals surface area (Å²) in [6.45, 7) is 3.65. The average Bonchev–Trinajstić information content (AvgIpc) is 3.22. The van der Waals surface area contributed by atoms with Gasteiger partial charge in [0.1, 0.15) is 0 Å². The second kappa shape index (κ2) is 10.5. The predicted molar refractivity (Wildman–Crippen MR) is 148 cm³/mol. The Balaban J connectivity index is 1.42. The highest BCUT2D eigenvalue weighted by molar-refractivity contribution is 7.92. The van der Waals surface area contributed by atoms with Gasteiger partial charge in [0, 0.05) is 36.4 Å². The van der Waals surface area contributed by atoms with Crippen molar-refractivity contribution in [1.29, 1.82) is 0 Å². The van der Waals surface area contributed by atoms with Gasteiger partial charge in [-0.25, -0.2) is 17.9 Å². The summed E-state index contributed by atoms with van der Waals surface area (Å²) in [5, 5.41) is 5.09. The lowest BCUT2D eigenvalue weighted by atomic mass is 9.79. The molecule has 3 heterocycles. The van der Waals surface area contributed by atoms with E-state index in [1.165, 1.54) is 24.9 Å². The van der Waals surface area contributed by atoms with E-state index >= 15 is 0 Å². The van der Waals surface area contributed by atoms with E-state index in [9.17, 15) is 22.7 Å². The van der Waals surface area contributed by atoms with Crippen LogP contribution in [0.2, 0.25) is 5.02 Å². The summed E-state index contributed by atoms with van der Waals surface area (Å²) in [6.07, 6.45) is 6.36. The highest BCUT2D eigenvalue weighted by Crippen LogP contribution is 2.48. The van der Waals surface area contributed by atoms with Gasteiger partial charge in [-0.05, 0) is 62.8 Å². The van der Waals surface area contributed by atoms with Crippen LogP contribution in [0, 0.1) is 6.92 Å². The highest BCUT2D eigenvalue weighted by atomic mass is 35.5. The zero-order valence-electron chi connectivity index (χ0n) is 21.9. The van der Waals surface area contributed by atoms with Crippen molar-refractivity contribution >= 4 is 46.5 Å². The maximum absolute atomic E-state index is 13.8. The van der Waals surface area contributed by atoms with Gasteiger partial charge in [-0.3, -0.25) is 14.1 Å². The van der Waals surface area contributed by atoms with Crippen LogP contribution < -0.4 is 4.72 Å². The first-order valence-electron chi connectivity index (χ1n) is 12.7. The molecule has 0 bridgehead atoms. The van der Waals surface area contributed by atoms with E-state index in [0.29, 0.717) is 42.2 Å². The minimum Gasteiger partial charge on any atom is -0.330 e. The number of carbonyl (C=O) groups excluding carboxylic acids is 1. The van der Waals surface area contributed by atoms with Gasteiger partial charge < -0.3 is 14.3 Å². The van der Waals surface area contributed by atoms with E-state index in [0.717, 1.165) is 30.4 Å². The van der Waals surface area contributed by atoms with Crippen LogP contribution in [0.4, 0.5) is 5.69 Å². The van der Waals surface area contributed by atoms with Gasteiger partial charge in [-0.2, -0.15) is 5.10 Å². The van der Waals surface area contributed by atoms with Crippen molar-refractivity contribution in [3.05, 3.63) is 58.0 Å². The monoisotopic (exact) mass is 595 g/mol. The van der Waals surface area contributed by atoms with Crippen molar-refractivity contribution in [2.45, 2.75) is 57.1 Å². The quantitative estimate of drug-likeness (QED) is 0.380. The molecule has 1 saturated carbocycles.